The van der Waals surface area contributed by atoms with Crippen molar-refractivity contribution in [3.63, 3.8) is 0 Å². The summed E-state index contributed by atoms with van der Waals surface area (Å²) in [5, 5.41) is 0. The van der Waals surface area contributed by atoms with Gasteiger partial charge in [-0.1, -0.05) is 40.2 Å². The van der Waals surface area contributed by atoms with Crippen LogP contribution >= 0.6 is 15.9 Å². The van der Waals surface area contributed by atoms with Crippen molar-refractivity contribution in [3.05, 3.63) is 63.1 Å². The molecular formula is C17H20BrNO. The number of halogens is 1. The fourth-order valence-corrected chi connectivity index (χ4v) is 2.78. The maximum Gasteiger partial charge on any atom is 0.124 e. The molecule has 0 aliphatic heterocycles. The fourth-order valence-electron chi connectivity index (χ4n) is 2.51. The number of aryl methyl sites for hydroxylation is 2. The average Bonchev–Trinajstić information content (AvgIpc) is 2.41. The van der Waals surface area contributed by atoms with Crippen LogP contribution in [0.2, 0.25) is 0 Å². The average molecular weight is 334 g/mol. The maximum atomic E-state index is 6.34. The highest BCUT2D eigenvalue weighted by molar-refractivity contribution is 9.10. The van der Waals surface area contributed by atoms with E-state index in [0.29, 0.717) is 0 Å². The van der Waals surface area contributed by atoms with Gasteiger partial charge >= 0.3 is 0 Å². The number of rotatable bonds is 4. The molecule has 0 fully saturated rings. The van der Waals surface area contributed by atoms with Crippen molar-refractivity contribution in [3.8, 4) is 5.75 Å². The van der Waals surface area contributed by atoms with E-state index in [1.54, 1.807) is 7.11 Å². The van der Waals surface area contributed by atoms with Gasteiger partial charge in [0, 0.05) is 10.5 Å². The van der Waals surface area contributed by atoms with E-state index in [0.717, 1.165) is 33.3 Å². The monoisotopic (exact) mass is 333 g/mol. The Bertz CT molecular complexity index is 569. The molecule has 1 unspecified atom stereocenters. The lowest BCUT2D eigenvalue weighted by molar-refractivity contribution is 0.408. The molecule has 0 bridgehead atoms. The molecule has 0 saturated heterocycles. The van der Waals surface area contributed by atoms with E-state index in [1.807, 2.05) is 12.1 Å². The molecule has 2 rings (SSSR count). The van der Waals surface area contributed by atoms with Crippen molar-refractivity contribution in [1.29, 1.82) is 0 Å². The van der Waals surface area contributed by atoms with Crippen LogP contribution in [-0.2, 0) is 6.42 Å². The summed E-state index contributed by atoms with van der Waals surface area (Å²) >= 11 is 3.45. The number of methoxy groups -OCH3 is 1. The molecule has 0 aromatic heterocycles. The number of nitrogens with two attached hydrogens (primary N) is 1. The summed E-state index contributed by atoms with van der Waals surface area (Å²) in [7, 11) is 1.71. The molecule has 1 atom stereocenters. The van der Waals surface area contributed by atoms with E-state index < -0.39 is 0 Å². The van der Waals surface area contributed by atoms with Gasteiger partial charge in [-0.15, -0.1) is 0 Å². The number of ether oxygens (including phenoxy) is 1. The standard InChI is InChI=1S/C17H20BrNO/c1-11-8-14(9-12(2)17(11)20-3)16(19)10-13-4-6-15(18)7-5-13/h4-9,16H,10,19H2,1-3H3. The lowest BCUT2D eigenvalue weighted by Crippen LogP contribution is -2.14. The molecule has 2 N–H and O–H groups in total. The fraction of sp³-hybridized carbons (Fsp3) is 0.294. The van der Waals surface area contributed by atoms with Gasteiger partial charge in [0.1, 0.15) is 5.75 Å². The second kappa shape index (κ2) is 6.42. The van der Waals surface area contributed by atoms with Crippen LogP contribution in [0, 0.1) is 13.8 Å². The van der Waals surface area contributed by atoms with Gasteiger partial charge in [-0.3, -0.25) is 0 Å². The highest BCUT2D eigenvalue weighted by atomic mass is 79.9. The van der Waals surface area contributed by atoms with E-state index in [2.05, 4.69) is 54.0 Å². The Kier molecular flexibility index (Phi) is 4.84. The summed E-state index contributed by atoms with van der Waals surface area (Å²) in [6.45, 7) is 4.11. The molecule has 106 valence electrons. The quantitative estimate of drug-likeness (QED) is 0.904. The molecule has 2 aromatic carbocycles. The van der Waals surface area contributed by atoms with Gasteiger partial charge < -0.3 is 10.5 Å². The summed E-state index contributed by atoms with van der Waals surface area (Å²) in [5.41, 5.74) is 11.0. The van der Waals surface area contributed by atoms with E-state index in [9.17, 15) is 0 Å². The number of hydrogen-bond donors (Lipinski definition) is 1. The molecule has 3 heteroatoms. The highest BCUT2D eigenvalue weighted by Crippen LogP contribution is 2.27. The molecule has 0 radical (unpaired) electrons. The van der Waals surface area contributed by atoms with Crippen LogP contribution in [0.4, 0.5) is 0 Å². The maximum absolute atomic E-state index is 6.34. The summed E-state index contributed by atoms with van der Waals surface area (Å²) in [6, 6.07) is 12.5. The first kappa shape index (κ1) is 15.1. The SMILES string of the molecule is COc1c(C)cc(C(N)Cc2ccc(Br)cc2)cc1C. The molecule has 0 spiro atoms. The smallest absolute Gasteiger partial charge is 0.124 e. The van der Waals surface area contributed by atoms with Crippen molar-refractivity contribution in [2.75, 3.05) is 7.11 Å². The zero-order valence-corrected chi connectivity index (χ0v) is 13.7. The molecule has 0 aliphatic carbocycles. The Labute approximate surface area is 129 Å². The normalized spacial score (nSPS) is 12.2. The Morgan fingerprint density at radius 1 is 1.10 bits per heavy atom. The van der Waals surface area contributed by atoms with Gasteiger partial charge in [-0.05, 0) is 54.7 Å². The predicted octanol–water partition coefficient (Wildman–Crippen LogP) is 4.32. The second-order valence-corrected chi connectivity index (χ2v) is 6.04. The van der Waals surface area contributed by atoms with Gasteiger partial charge in [-0.25, -0.2) is 0 Å². The van der Waals surface area contributed by atoms with E-state index in [4.69, 9.17) is 10.5 Å². The molecule has 0 saturated carbocycles. The van der Waals surface area contributed by atoms with Crippen LogP contribution < -0.4 is 10.5 Å². The highest BCUT2D eigenvalue weighted by Gasteiger charge is 2.11. The minimum Gasteiger partial charge on any atom is -0.496 e. The first-order valence-electron chi connectivity index (χ1n) is 6.66. The first-order chi connectivity index (χ1) is 9.51. The van der Waals surface area contributed by atoms with Gasteiger partial charge in [-0.2, -0.15) is 0 Å². The van der Waals surface area contributed by atoms with Gasteiger partial charge in [0.15, 0.2) is 0 Å². The van der Waals surface area contributed by atoms with Crippen molar-refractivity contribution < 1.29 is 4.74 Å². The molecule has 2 nitrogen and oxygen atoms in total. The third-order valence-corrected chi connectivity index (χ3v) is 4.01. The lowest BCUT2D eigenvalue weighted by atomic mass is 9.96. The largest absolute Gasteiger partial charge is 0.496 e. The van der Waals surface area contributed by atoms with Crippen molar-refractivity contribution >= 4 is 15.9 Å². The predicted molar refractivity (Wildman–Crippen MR) is 87.2 cm³/mol. The van der Waals surface area contributed by atoms with Crippen LogP contribution in [0.15, 0.2) is 40.9 Å². The second-order valence-electron chi connectivity index (χ2n) is 5.13. The van der Waals surface area contributed by atoms with Crippen molar-refractivity contribution in [2.45, 2.75) is 26.3 Å². The third-order valence-electron chi connectivity index (χ3n) is 3.48. The zero-order chi connectivity index (χ0) is 14.7. The minimum atomic E-state index is -0.000480. The number of benzene rings is 2. The Hall–Kier alpha value is -1.32. The lowest BCUT2D eigenvalue weighted by Gasteiger charge is -2.16. The van der Waals surface area contributed by atoms with Gasteiger partial charge in [0.25, 0.3) is 0 Å². The topological polar surface area (TPSA) is 35.2 Å². The van der Waals surface area contributed by atoms with Gasteiger partial charge in [0.2, 0.25) is 0 Å². The van der Waals surface area contributed by atoms with Crippen LogP contribution in [0.25, 0.3) is 0 Å². The van der Waals surface area contributed by atoms with Crippen molar-refractivity contribution in [1.82, 2.24) is 0 Å². The molecular weight excluding hydrogens is 314 g/mol. The van der Waals surface area contributed by atoms with Gasteiger partial charge in [0.05, 0.1) is 7.11 Å². The van der Waals surface area contributed by atoms with E-state index in [1.165, 1.54) is 5.56 Å². The number of hydrogen-bond acceptors (Lipinski definition) is 2. The molecule has 0 heterocycles. The van der Waals surface area contributed by atoms with E-state index >= 15 is 0 Å². The van der Waals surface area contributed by atoms with Crippen LogP contribution in [0.5, 0.6) is 5.75 Å². The Morgan fingerprint density at radius 3 is 2.15 bits per heavy atom. The zero-order valence-electron chi connectivity index (χ0n) is 12.1. The molecule has 2 aromatic rings. The van der Waals surface area contributed by atoms with Crippen LogP contribution in [0.3, 0.4) is 0 Å². The first-order valence-corrected chi connectivity index (χ1v) is 7.45. The summed E-state index contributed by atoms with van der Waals surface area (Å²) in [4.78, 5) is 0. The van der Waals surface area contributed by atoms with Crippen molar-refractivity contribution in [2.24, 2.45) is 5.73 Å². The Balaban J connectivity index is 2.21. The molecule has 0 amide bonds. The van der Waals surface area contributed by atoms with E-state index in [-0.39, 0.29) is 6.04 Å². The summed E-state index contributed by atoms with van der Waals surface area (Å²) in [5.74, 6) is 0.949. The van der Waals surface area contributed by atoms with Crippen LogP contribution in [0.1, 0.15) is 28.3 Å². The summed E-state index contributed by atoms with van der Waals surface area (Å²) < 4.78 is 6.48. The van der Waals surface area contributed by atoms with Crippen LogP contribution in [-0.4, -0.2) is 7.11 Å². The molecule has 0 aliphatic rings. The molecule has 20 heavy (non-hydrogen) atoms. The third kappa shape index (κ3) is 3.41. The summed E-state index contributed by atoms with van der Waals surface area (Å²) in [6.07, 6.45) is 0.832. The minimum absolute atomic E-state index is 0.000480. The Morgan fingerprint density at radius 2 is 1.65 bits per heavy atom.